The van der Waals surface area contributed by atoms with E-state index in [1.165, 1.54) is 30.6 Å². The van der Waals surface area contributed by atoms with Crippen molar-refractivity contribution >= 4 is 11.8 Å². The van der Waals surface area contributed by atoms with Crippen LogP contribution in [-0.4, -0.2) is 29.8 Å². The van der Waals surface area contributed by atoms with Gasteiger partial charge in [-0.15, -0.1) is 0 Å². The van der Waals surface area contributed by atoms with Gasteiger partial charge in [-0.05, 0) is 49.6 Å². The summed E-state index contributed by atoms with van der Waals surface area (Å²) in [5.41, 5.74) is 1.39. The summed E-state index contributed by atoms with van der Waals surface area (Å²) in [7, 11) is 0. The molecule has 1 aromatic carbocycles. The highest BCUT2D eigenvalue weighted by Crippen LogP contribution is 2.14. The van der Waals surface area contributed by atoms with Crippen LogP contribution in [0.1, 0.15) is 31.7 Å². The molecule has 0 saturated heterocycles. The van der Waals surface area contributed by atoms with Crippen molar-refractivity contribution in [3.63, 3.8) is 0 Å². The molecule has 18 heavy (non-hydrogen) atoms. The fourth-order valence-electron chi connectivity index (χ4n) is 1.80. The van der Waals surface area contributed by atoms with Crippen LogP contribution in [0.25, 0.3) is 0 Å². The lowest BCUT2D eigenvalue weighted by molar-refractivity contribution is 0.322. The molecule has 0 atom stereocenters. The van der Waals surface area contributed by atoms with Gasteiger partial charge in [-0.2, -0.15) is 11.8 Å². The van der Waals surface area contributed by atoms with Gasteiger partial charge >= 0.3 is 0 Å². The summed E-state index contributed by atoms with van der Waals surface area (Å²) < 4.78 is 5.42. The SMILES string of the molecule is CCOc1ccc(CCCCCSCCO)cc1. The van der Waals surface area contributed by atoms with E-state index in [4.69, 9.17) is 9.84 Å². The average Bonchev–Trinajstić information content (AvgIpc) is 2.40. The number of rotatable bonds is 10. The van der Waals surface area contributed by atoms with Crippen LogP contribution in [0.3, 0.4) is 0 Å². The number of aliphatic hydroxyl groups is 1. The first-order chi connectivity index (χ1) is 8.86. The predicted molar refractivity (Wildman–Crippen MR) is 79.6 cm³/mol. The summed E-state index contributed by atoms with van der Waals surface area (Å²) in [6.45, 7) is 3.03. The highest BCUT2D eigenvalue weighted by molar-refractivity contribution is 7.99. The molecular weight excluding hydrogens is 244 g/mol. The van der Waals surface area contributed by atoms with E-state index >= 15 is 0 Å². The molecule has 0 aliphatic rings. The Bertz CT molecular complexity index is 298. The van der Waals surface area contributed by atoms with Crippen molar-refractivity contribution in [1.29, 1.82) is 0 Å². The van der Waals surface area contributed by atoms with Crippen LogP contribution in [0.4, 0.5) is 0 Å². The molecule has 0 fully saturated rings. The minimum Gasteiger partial charge on any atom is -0.494 e. The number of ether oxygens (including phenoxy) is 1. The molecule has 1 N–H and O–H groups in total. The van der Waals surface area contributed by atoms with E-state index < -0.39 is 0 Å². The lowest BCUT2D eigenvalue weighted by atomic mass is 10.1. The van der Waals surface area contributed by atoms with E-state index in [0.717, 1.165) is 24.5 Å². The Morgan fingerprint density at radius 2 is 1.83 bits per heavy atom. The van der Waals surface area contributed by atoms with Crippen LogP contribution < -0.4 is 4.74 Å². The monoisotopic (exact) mass is 268 g/mol. The Kier molecular flexibility index (Phi) is 8.78. The summed E-state index contributed by atoms with van der Waals surface area (Å²) in [6.07, 6.45) is 4.91. The van der Waals surface area contributed by atoms with Crippen molar-refractivity contribution in [3.05, 3.63) is 29.8 Å². The second kappa shape index (κ2) is 10.3. The van der Waals surface area contributed by atoms with Gasteiger partial charge in [0, 0.05) is 5.75 Å². The van der Waals surface area contributed by atoms with E-state index in [1.54, 1.807) is 0 Å². The van der Waals surface area contributed by atoms with Crippen molar-refractivity contribution < 1.29 is 9.84 Å². The standard InChI is InChI=1S/C15H24O2S/c1-2-17-15-9-7-14(8-10-15)6-4-3-5-12-18-13-11-16/h7-10,16H,2-6,11-13H2,1H3. The summed E-state index contributed by atoms with van der Waals surface area (Å²) in [5.74, 6) is 3.00. The maximum atomic E-state index is 8.65. The van der Waals surface area contributed by atoms with Crippen molar-refractivity contribution in [3.8, 4) is 5.75 Å². The highest BCUT2D eigenvalue weighted by Gasteiger charge is 1.96. The molecule has 0 aliphatic carbocycles. The number of aryl methyl sites for hydroxylation is 1. The Morgan fingerprint density at radius 3 is 2.50 bits per heavy atom. The molecule has 1 aromatic rings. The molecular formula is C15H24O2S. The minimum atomic E-state index is 0.302. The molecule has 0 aromatic heterocycles. The average molecular weight is 268 g/mol. The number of aliphatic hydroxyl groups excluding tert-OH is 1. The third-order valence-corrected chi connectivity index (χ3v) is 3.77. The smallest absolute Gasteiger partial charge is 0.119 e. The summed E-state index contributed by atoms with van der Waals surface area (Å²) in [4.78, 5) is 0. The van der Waals surface area contributed by atoms with Crippen LogP contribution >= 0.6 is 11.8 Å². The molecule has 0 unspecified atom stereocenters. The van der Waals surface area contributed by atoms with Crippen LogP contribution in [-0.2, 0) is 6.42 Å². The van der Waals surface area contributed by atoms with E-state index in [9.17, 15) is 0 Å². The fourth-order valence-corrected chi connectivity index (χ4v) is 2.54. The Hall–Kier alpha value is -0.670. The van der Waals surface area contributed by atoms with Crippen LogP contribution in [0, 0.1) is 0 Å². The van der Waals surface area contributed by atoms with Gasteiger partial charge in [0.25, 0.3) is 0 Å². The highest BCUT2D eigenvalue weighted by atomic mass is 32.2. The Morgan fingerprint density at radius 1 is 1.06 bits per heavy atom. The zero-order chi connectivity index (χ0) is 13.1. The van der Waals surface area contributed by atoms with Gasteiger partial charge in [-0.3, -0.25) is 0 Å². The number of benzene rings is 1. The second-order valence-corrected chi connectivity index (χ2v) is 5.45. The molecule has 0 bridgehead atoms. The third kappa shape index (κ3) is 6.92. The number of unbranched alkanes of at least 4 members (excludes halogenated alkanes) is 2. The van der Waals surface area contributed by atoms with Crippen molar-refractivity contribution in [2.24, 2.45) is 0 Å². The molecule has 0 spiro atoms. The van der Waals surface area contributed by atoms with Crippen molar-refractivity contribution in [2.75, 3.05) is 24.7 Å². The summed E-state index contributed by atoms with van der Waals surface area (Å²) in [6, 6.07) is 8.42. The predicted octanol–water partition coefficient (Wildman–Crippen LogP) is 3.52. The Balaban J connectivity index is 2.08. The van der Waals surface area contributed by atoms with Gasteiger partial charge in [-0.25, -0.2) is 0 Å². The van der Waals surface area contributed by atoms with Crippen molar-refractivity contribution in [1.82, 2.24) is 0 Å². The van der Waals surface area contributed by atoms with Gasteiger partial charge in [0.15, 0.2) is 0 Å². The summed E-state index contributed by atoms with van der Waals surface area (Å²) >= 11 is 1.84. The van der Waals surface area contributed by atoms with Crippen molar-refractivity contribution in [2.45, 2.75) is 32.6 Å². The maximum Gasteiger partial charge on any atom is 0.119 e. The lowest BCUT2D eigenvalue weighted by Gasteiger charge is -2.05. The van der Waals surface area contributed by atoms with E-state index in [-0.39, 0.29) is 0 Å². The fraction of sp³-hybridized carbons (Fsp3) is 0.600. The molecule has 0 saturated carbocycles. The topological polar surface area (TPSA) is 29.5 Å². The zero-order valence-electron chi connectivity index (χ0n) is 11.2. The molecule has 0 radical (unpaired) electrons. The maximum absolute atomic E-state index is 8.65. The zero-order valence-corrected chi connectivity index (χ0v) is 12.0. The second-order valence-electron chi connectivity index (χ2n) is 4.22. The quantitative estimate of drug-likeness (QED) is 0.658. The molecule has 0 amide bonds. The molecule has 102 valence electrons. The molecule has 3 heteroatoms. The first kappa shape index (κ1) is 15.4. The molecule has 0 heterocycles. The minimum absolute atomic E-state index is 0.302. The number of hydrogen-bond donors (Lipinski definition) is 1. The lowest BCUT2D eigenvalue weighted by Crippen LogP contribution is -1.92. The van der Waals surface area contributed by atoms with Crippen LogP contribution in [0.5, 0.6) is 5.75 Å². The van der Waals surface area contributed by atoms with Gasteiger partial charge in [-0.1, -0.05) is 18.6 Å². The van der Waals surface area contributed by atoms with Gasteiger partial charge < -0.3 is 9.84 Å². The number of thioether (sulfide) groups is 1. The molecule has 2 nitrogen and oxygen atoms in total. The van der Waals surface area contributed by atoms with E-state index in [0.29, 0.717) is 6.61 Å². The van der Waals surface area contributed by atoms with Gasteiger partial charge in [0.2, 0.25) is 0 Å². The Labute approximate surface area is 115 Å². The first-order valence-electron chi connectivity index (χ1n) is 6.77. The largest absolute Gasteiger partial charge is 0.494 e. The van der Waals surface area contributed by atoms with Crippen LogP contribution in [0.2, 0.25) is 0 Å². The third-order valence-electron chi connectivity index (χ3n) is 2.72. The molecule has 1 rings (SSSR count). The van der Waals surface area contributed by atoms with Crippen LogP contribution in [0.15, 0.2) is 24.3 Å². The number of hydrogen-bond acceptors (Lipinski definition) is 3. The summed E-state index contributed by atoms with van der Waals surface area (Å²) in [5, 5.41) is 8.65. The van der Waals surface area contributed by atoms with E-state index in [1.807, 2.05) is 18.7 Å². The molecule has 0 aliphatic heterocycles. The first-order valence-corrected chi connectivity index (χ1v) is 7.92. The van der Waals surface area contributed by atoms with E-state index in [2.05, 4.69) is 24.3 Å². The van der Waals surface area contributed by atoms with Gasteiger partial charge in [0.1, 0.15) is 5.75 Å². The normalized spacial score (nSPS) is 10.6. The van der Waals surface area contributed by atoms with Gasteiger partial charge in [0.05, 0.1) is 13.2 Å².